The lowest BCUT2D eigenvalue weighted by atomic mass is 9.73. The number of allylic oxidation sites excluding steroid dienone is 2. The lowest BCUT2D eigenvalue weighted by molar-refractivity contribution is 0.206. The fourth-order valence-electron chi connectivity index (χ4n) is 2.81. The molecule has 0 heteroatoms. The maximum atomic E-state index is 5.40. The Hall–Kier alpha value is -0.700. The summed E-state index contributed by atoms with van der Waals surface area (Å²) < 4.78 is 0. The van der Waals surface area contributed by atoms with E-state index >= 15 is 0 Å². The molecular weight excluding hydrogens is 180 g/mol. The zero-order valence-corrected chi connectivity index (χ0v) is 10.3. The highest BCUT2D eigenvalue weighted by molar-refractivity contribution is 5.04. The van der Waals surface area contributed by atoms with E-state index in [2.05, 4.69) is 25.8 Å². The fourth-order valence-corrected chi connectivity index (χ4v) is 2.81. The van der Waals surface area contributed by atoms with Gasteiger partial charge in [-0.15, -0.1) is 12.3 Å². The second kappa shape index (κ2) is 6.01. The van der Waals surface area contributed by atoms with Gasteiger partial charge in [-0.05, 0) is 50.9 Å². The first-order valence-corrected chi connectivity index (χ1v) is 6.31. The number of terminal acetylenes is 1. The van der Waals surface area contributed by atoms with Gasteiger partial charge in [-0.2, -0.15) is 0 Å². The molecule has 0 N–H and O–H groups in total. The van der Waals surface area contributed by atoms with Crippen molar-refractivity contribution < 1.29 is 0 Å². The van der Waals surface area contributed by atoms with Gasteiger partial charge in [0, 0.05) is 6.42 Å². The van der Waals surface area contributed by atoms with E-state index in [-0.39, 0.29) is 0 Å². The highest BCUT2D eigenvalue weighted by atomic mass is 14.3. The molecule has 0 amide bonds. The molecule has 0 aromatic heterocycles. The minimum atomic E-state index is 0.551. The highest BCUT2D eigenvalue weighted by Crippen LogP contribution is 2.42. The standard InChI is InChI=1S/C15H24/c1-4-6-11-15(10-5-2)12-7-8-14(3)9-13-15/h1,8H,5-7,9-13H2,2-3H3. The van der Waals surface area contributed by atoms with E-state index in [1.54, 1.807) is 5.57 Å². The van der Waals surface area contributed by atoms with Crippen molar-refractivity contribution in [3.63, 3.8) is 0 Å². The quantitative estimate of drug-likeness (QED) is 0.459. The Morgan fingerprint density at radius 2 is 2.20 bits per heavy atom. The molecule has 1 atom stereocenters. The van der Waals surface area contributed by atoms with Crippen molar-refractivity contribution >= 4 is 0 Å². The van der Waals surface area contributed by atoms with E-state index in [0.29, 0.717) is 5.41 Å². The Morgan fingerprint density at radius 3 is 2.87 bits per heavy atom. The summed E-state index contributed by atoms with van der Waals surface area (Å²) in [5.74, 6) is 2.81. The first-order valence-electron chi connectivity index (χ1n) is 6.31. The summed E-state index contributed by atoms with van der Waals surface area (Å²) in [7, 11) is 0. The summed E-state index contributed by atoms with van der Waals surface area (Å²) in [6, 6.07) is 0. The Morgan fingerprint density at radius 1 is 1.40 bits per heavy atom. The molecule has 0 saturated carbocycles. The van der Waals surface area contributed by atoms with Gasteiger partial charge < -0.3 is 0 Å². The van der Waals surface area contributed by atoms with Crippen LogP contribution in [0.25, 0.3) is 0 Å². The van der Waals surface area contributed by atoms with Crippen LogP contribution in [-0.4, -0.2) is 0 Å². The predicted molar refractivity (Wildman–Crippen MR) is 67.6 cm³/mol. The van der Waals surface area contributed by atoms with Gasteiger partial charge in [0.1, 0.15) is 0 Å². The summed E-state index contributed by atoms with van der Waals surface area (Å²) in [6.45, 7) is 4.56. The summed E-state index contributed by atoms with van der Waals surface area (Å²) >= 11 is 0. The van der Waals surface area contributed by atoms with Gasteiger partial charge in [0.05, 0.1) is 0 Å². The van der Waals surface area contributed by atoms with Crippen LogP contribution in [-0.2, 0) is 0 Å². The average molecular weight is 204 g/mol. The molecule has 0 bridgehead atoms. The molecule has 1 aliphatic carbocycles. The summed E-state index contributed by atoms with van der Waals surface area (Å²) in [5.41, 5.74) is 2.13. The van der Waals surface area contributed by atoms with Crippen LogP contribution in [0.2, 0.25) is 0 Å². The SMILES string of the molecule is C#CCCC1(CCC)CCC=C(C)CC1. The second-order valence-corrected chi connectivity index (χ2v) is 5.04. The smallest absolute Gasteiger partial charge is 0.00913 e. The van der Waals surface area contributed by atoms with Crippen molar-refractivity contribution in [2.45, 2.75) is 65.2 Å². The number of hydrogen-bond donors (Lipinski definition) is 0. The van der Waals surface area contributed by atoms with Gasteiger partial charge in [0.2, 0.25) is 0 Å². The Balaban J connectivity index is 2.61. The highest BCUT2D eigenvalue weighted by Gasteiger charge is 2.28. The average Bonchev–Trinajstić information content (AvgIpc) is 2.40. The first-order chi connectivity index (χ1) is 7.22. The molecule has 0 radical (unpaired) electrons. The van der Waals surface area contributed by atoms with E-state index in [4.69, 9.17) is 6.42 Å². The van der Waals surface area contributed by atoms with Gasteiger partial charge >= 0.3 is 0 Å². The van der Waals surface area contributed by atoms with Crippen LogP contribution in [0.5, 0.6) is 0 Å². The molecule has 1 aliphatic rings. The van der Waals surface area contributed by atoms with Crippen molar-refractivity contribution in [1.82, 2.24) is 0 Å². The monoisotopic (exact) mass is 204 g/mol. The van der Waals surface area contributed by atoms with Crippen LogP contribution in [0.15, 0.2) is 11.6 Å². The zero-order chi connectivity index (χ0) is 11.1. The van der Waals surface area contributed by atoms with E-state index < -0.39 is 0 Å². The lowest BCUT2D eigenvalue weighted by Gasteiger charge is -2.32. The van der Waals surface area contributed by atoms with Gasteiger partial charge in [0.25, 0.3) is 0 Å². The molecule has 0 fully saturated rings. The van der Waals surface area contributed by atoms with Crippen LogP contribution in [0.4, 0.5) is 0 Å². The molecular formula is C15H24. The van der Waals surface area contributed by atoms with Crippen molar-refractivity contribution in [2.24, 2.45) is 5.41 Å². The van der Waals surface area contributed by atoms with E-state index in [0.717, 1.165) is 6.42 Å². The van der Waals surface area contributed by atoms with Crippen LogP contribution in [0.3, 0.4) is 0 Å². The summed E-state index contributed by atoms with van der Waals surface area (Å²) in [5, 5.41) is 0. The molecule has 1 rings (SSSR count). The normalized spacial score (nSPS) is 26.6. The topological polar surface area (TPSA) is 0 Å². The van der Waals surface area contributed by atoms with Gasteiger partial charge in [-0.25, -0.2) is 0 Å². The minimum Gasteiger partial charge on any atom is -0.120 e. The van der Waals surface area contributed by atoms with Crippen LogP contribution in [0.1, 0.15) is 65.2 Å². The fraction of sp³-hybridized carbons (Fsp3) is 0.733. The lowest BCUT2D eigenvalue weighted by Crippen LogP contribution is -2.19. The molecule has 0 nitrogen and oxygen atoms in total. The van der Waals surface area contributed by atoms with Crippen LogP contribution in [0, 0.1) is 17.8 Å². The molecule has 0 aromatic carbocycles. The Bertz CT molecular complexity index is 254. The molecule has 15 heavy (non-hydrogen) atoms. The second-order valence-electron chi connectivity index (χ2n) is 5.04. The summed E-state index contributed by atoms with van der Waals surface area (Å²) in [6.07, 6.45) is 17.9. The minimum absolute atomic E-state index is 0.551. The predicted octanol–water partition coefficient (Wildman–Crippen LogP) is 4.71. The molecule has 0 heterocycles. The Kier molecular flexibility index (Phi) is 4.95. The summed E-state index contributed by atoms with van der Waals surface area (Å²) in [4.78, 5) is 0. The van der Waals surface area contributed by atoms with Crippen LogP contribution < -0.4 is 0 Å². The Labute approximate surface area is 95.2 Å². The molecule has 0 aromatic rings. The third kappa shape index (κ3) is 3.74. The maximum absolute atomic E-state index is 5.40. The van der Waals surface area contributed by atoms with Gasteiger partial charge in [-0.1, -0.05) is 25.0 Å². The molecule has 0 saturated heterocycles. The molecule has 0 aliphatic heterocycles. The van der Waals surface area contributed by atoms with Crippen molar-refractivity contribution in [3.8, 4) is 12.3 Å². The van der Waals surface area contributed by atoms with Gasteiger partial charge in [0.15, 0.2) is 0 Å². The molecule has 1 unspecified atom stereocenters. The molecule has 84 valence electrons. The number of hydrogen-bond acceptors (Lipinski definition) is 0. The number of rotatable bonds is 4. The first kappa shape index (κ1) is 12.4. The van der Waals surface area contributed by atoms with E-state index in [9.17, 15) is 0 Å². The maximum Gasteiger partial charge on any atom is 0.00913 e. The largest absolute Gasteiger partial charge is 0.120 e. The third-order valence-electron chi connectivity index (χ3n) is 3.80. The molecule has 0 spiro atoms. The van der Waals surface area contributed by atoms with Gasteiger partial charge in [-0.3, -0.25) is 0 Å². The zero-order valence-electron chi connectivity index (χ0n) is 10.3. The van der Waals surface area contributed by atoms with Crippen LogP contribution >= 0.6 is 0 Å². The third-order valence-corrected chi connectivity index (χ3v) is 3.80. The van der Waals surface area contributed by atoms with E-state index in [1.807, 2.05) is 0 Å². The van der Waals surface area contributed by atoms with Crippen molar-refractivity contribution in [1.29, 1.82) is 0 Å². The van der Waals surface area contributed by atoms with Crippen molar-refractivity contribution in [3.05, 3.63) is 11.6 Å². The van der Waals surface area contributed by atoms with E-state index in [1.165, 1.54) is 44.9 Å². The van der Waals surface area contributed by atoms with Crippen molar-refractivity contribution in [2.75, 3.05) is 0 Å².